The normalized spacial score (nSPS) is 11.9. The number of nitro benzene ring substituents is 1. The maximum atomic E-state index is 10.7. The zero-order valence-corrected chi connectivity index (χ0v) is 12.3. The van der Waals surface area contributed by atoms with Crippen molar-refractivity contribution in [2.24, 2.45) is 11.1 Å². The summed E-state index contributed by atoms with van der Waals surface area (Å²) in [7, 11) is 1.99. The van der Waals surface area contributed by atoms with Crippen molar-refractivity contribution in [2.45, 2.75) is 20.4 Å². The fraction of sp³-hybridized carbons (Fsp3) is 0.538. The van der Waals surface area contributed by atoms with Gasteiger partial charge in [-0.3, -0.25) is 10.1 Å². The Hall–Kier alpha value is -1.17. The number of hydrogen-bond donors (Lipinski definition) is 1. The van der Waals surface area contributed by atoms with Gasteiger partial charge in [0.25, 0.3) is 5.69 Å². The molecular formula is C13H20ClN3O2. The quantitative estimate of drug-likeness (QED) is 0.644. The molecule has 0 amide bonds. The predicted molar refractivity (Wildman–Crippen MR) is 77.3 cm³/mol. The van der Waals surface area contributed by atoms with Crippen LogP contribution in [0, 0.1) is 15.5 Å². The number of benzene rings is 1. The molecule has 0 aliphatic heterocycles. The van der Waals surface area contributed by atoms with Gasteiger partial charge in [0.1, 0.15) is 5.02 Å². The summed E-state index contributed by atoms with van der Waals surface area (Å²) in [6.45, 7) is 6.34. The molecule has 0 saturated carbocycles. The van der Waals surface area contributed by atoms with Gasteiger partial charge in [0.05, 0.1) is 4.92 Å². The molecule has 0 aromatic heterocycles. The minimum atomic E-state index is -0.479. The summed E-state index contributed by atoms with van der Waals surface area (Å²) >= 11 is 5.89. The van der Waals surface area contributed by atoms with Gasteiger partial charge in [0.2, 0.25) is 0 Å². The van der Waals surface area contributed by atoms with E-state index in [1.54, 1.807) is 12.1 Å². The van der Waals surface area contributed by atoms with Crippen LogP contribution in [0.2, 0.25) is 5.02 Å². The first-order valence-corrected chi connectivity index (χ1v) is 6.44. The molecule has 0 radical (unpaired) electrons. The van der Waals surface area contributed by atoms with E-state index < -0.39 is 4.92 Å². The van der Waals surface area contributed by atoms with E-state index in [1.807, 2.05) is 7.05 Å². The maximum absolute atomic E-state index is 10.7. The SMILES string of the molecule is CN(Cc1ccc([N+](=O)[O-])c(Cl)c1)CC(C)(C)CN. The van der Waals surface area contributed by atoms with Gasteiger partial charge in [-0.15, -0.1) is 0 Å². The van der Waals surface area contributed by atoms with Crippen molar-refractivity contribution in [3.8, 4) is 0 Å². The van der Waals surface area contributed by atoms with E-state index in [9.17, 15) is 10.1 Å². The van der Waals surface area contributed by atoms with Gasteiger partial charge in [-0.25, -0.2) is 0 Å². The van der Waals surface area contributed by atoms with E-state index in [0.29, 0.717) is 13.1 Å². The molecule has 5 nitrogen and oxygen atoms in total. The van der Waals surface area contributed by atoms with Gasteiger partial charge in [-0.1, -0.05) is 31.5 Å². The monoisotopic (exact) mass is 285 g/mol. The summed E-state index contributed by atoms with van der Waals surface area (Å²) in [5.74, 6) is 0. The second kappa shape index (κ2) is 6.32. The minimum absolute atomic E-state index is 0.0410. The van der Waals surface area contributed by atoms with Crippen molar-refractivity contribution in [3.05, 3.63) is 38.9 Å². The topological polar surface area (TPSA) is 72.4 Å². The highest BCUT2D eigenvalue weighted by Gasteiger charge is 2.19. The van der Waals surface area contributed by atoms with Gasteiger partial charge in [0, 0.05) is 19.2 Å². The Morgan fingerprint density at radius 2 is 2.11 bits per heavy atom. The molecule has 0 saturated heterocycles. The van der Waals surface area contributed by atoms with Crippen LogP contribution in [0.1, 0.15) is 19.4 Å². The smallest absolute Gasteiger partial charge is 0.287 e. The maximum Gasteiger partial charge on any atom is 0.287 e. The fourth-order valence-electron chi connectivity index (χ4n) is 1.96. The summed E-state index contributed by atoms with van der Waals surface area (Å²) in [5, 5.41) is 10.9. The predicted octanol–water partition coefficient (Wildman–Crippen LogP) is 2.66. The Balaban J connectivity index is 2.73. The highest BCUT2D eigenvalue weighted by Crippen LogP contribution is 2.25. The Labute approximate surface area is 118 Å². The zero-order chi connectivity index (χ0) is 14.6. The van der Waals surface area contributed by atoms with Crippen LogP contribution in [0.15, 0.2) is 18.2 Å². The largest absolute Gasteiger partial charge is 0.330 e. The molecular weight excluding hydrogens is 266 g/mol. The highest BCUT2D eigenvalue weighted by molar-refractivity contribution is 6.32. The number of nitrogens with two attached hydrogens (primary N) is 1. The van der Waals surface area contributed by atoms with Crippen LogP contribution in [-0.4, -0.2) is 30.0 Å². The first-order chi connectivity index (χ1) is 8.75. The van der Waals surface area contributed by atoms with E-state index in [-0.39, 0.29) is 16.1 Å². The van der Waals surface area contributed by atoms with E-state index in [4.69, 9.17) is 17.3 Å². The van der Waals surface area contributed by atoms with Crippen LogP contribution in [0.25, 0.3) is 0 Å². The third kappa shape index (κ3) is 4.78. The van der Waals surface area contributed by atoms with E-state index in [2.05, 4.69) is 18.7 Å². The van der Waals surface area contributed by atoms with Crippen LogP contribution < -0.4 is 5.73 Å². The van der Waals surface area contributed by atoms with Crippen LogP contribution in [0.3, 0.4) is 0 Å². The molecule has 0 aliphatic rings. The molecule has 0 heterocycles. The van der Waals surface area contributed by atoms with Gasteiger partial charge in [-0.2, -0.15) is 0 Å². The lowest BCUT2D eigenvalue weighted by Gasteiger charge is -2.29. The molecule has 0 unspecified atom stereocenters. The van der Waals surface area contributed by atoms with Crippen molar-refractivity contribution in [1.29, 1.82) is 0 Å². The van der Waals surface area contributed by atoms with Crippen LogP contribution in [-0.2, 0) is 6.54 Å². The molecule has 1 rings (SSSR count). The third-order valence-corrected chi connectivity index (χ3v) is 3.21. The van der Waals surface area contributed by atoms with Crippen molar-refractivity contribution in [3.63, 3.8) is 0 Å². The number of nitrogens with zero attached hydrogens (tertiary/aromatic N) is 2. The Bertz CT molecular complexity index is 463. The Morgan fingerprint density at radius 3 is 2.58 bits per heavy atom. The molecule has 0 aliphatic carbocycles. The number of halogens is 1. The Kier molecular flexibility index (Phi) is 5.29. The van der Waals surface area contributed by atoms with Crippen molar-refractivity contribution >= 4 is 17.3 Å². The summed E-state index contributed by atoms with van der Waals surface area (Å²) < 4.78 is 0. The molecule has 1 aromatic rings. The lowest BCUT2D eigenvalue weighted by Crippen LogP contribution is -2.36. The van der Waals surface area contributed by atoms with Crippen molar-refractivity contribution < 1.29 is 4.92 Å². The minimum Gasteiger partial charge on any atom is -0.330 e. The lowest BCUT2D eigenvalue weighted by molar-refractivity contribution is -0.384. The first-order valence-electron chi connectivity index (χ1n) is 6.06. The molecule has 106 valence electrons. The van der Waals surface area contributed by atoms with Crippen LogP contribution >= 0.6 is 11.6 Å². The summed E-state index contributed by atoms with van der Waals surface area (Å²) in [4.78, 5) is 12.3. The zero-order valence-electron chi connectivity index (χ0n) is 11.5. The molecule has 0 atom stereocenters. The highest BCUT2D eigenvalue weighted by atomic mass is 35.5. The van der Waals surface area contributed by atoms with Gasteiger partial charge in [0.15, 0.2) is 0 Å². The molecule has 19 heavy (non-hydrogen) atoms. The molecule has 0 spiro atoms. The van der Waals surface area contributed by atoms with E-state index in [1.165, 1.54) is 6.07 Å². The first kappa shape index (κ1) is 15.9. The standard InChI is InChI=1S/C13H20ClN3O2/c1-13(2,8-15)9-16(3)7-10-4-5-12(17(18)19)11(14)6-10/h4-6H,7-9,15H2,1-3H3. The number of rotatable bonds is 6. The second-order valence-electron chi connectivity index (χ2n) is 5.58. The van der Waals surface area contributed by atoms with Crippen molar-refractivity contribution in [1.82, 2.24) is 4.90 Å². The van der Waals surface area contributed by atoms with E-state index in [0.717, 1.165) is 12.1 Å². The number of nitro groups is 1. The summed E-state index contributed by atoms with van der Waals surface area (Å²) in [5.41, 5.74) is 6.63. The number of hydrogen-bond acceptors (Lipinski definition) is 4. The second-order valence-corrected chi connectivity index (χ2v) is 5.99. The van der Waals surface area contributed by atoms with E-state index >= 15 is 0 Å². The van der Waals surface area contributed by atoms with Crippen LogP contribution in [0.4, 0.5) is 5.69 Å². The average Bonchev–Trinajstić information content (AvgIpc) is 2.27. The molecule has 6 heteroatoms. The Morgan fingerprint density at radius 1 is 1.47 bits per heavy atom. The molecule has 2 N–H and O–H groups in total. The van der Waals surface area contributed by atoms with Crippen LogP contribution in [0.5, 0.6) is 0 Å². The van der Waals surface area contributed by atoms with Gasteiger partial charge in [-0.05, 0) is 30.6 Å². The summed E-state index contributed by atoms with van der Waals surface area (Å²) in [6, 6.07) is 4.82. The van der Waals surface area contributed by atoms with Gasteiger partial charge < -0.3 is 10.6 Å². The van der Waals surface area contributed by atoms with Crippen molar-refractivity contribution in [2.75, 3.05) is 20.1 Å². The fourth-order valence-corrected chi connectivity index (χ4v) is 2.23. The van der Waals surface area contributed by atoms with Gasteiger partial charge >= 0.3 is 0 Å². The summed E-state index contributed by atoms with van der Waals surface area (Å²) in [6.07, 6.45) is 0. The molecule has 0 fully saturated rings. The molecule has 1 aromatic carbocycles. The lowest BCUT2D eigenvalue weighted by atomic mass is 9.93. The third-order valence-electron chi connectivity index (χ3n) is 2.91. The average molecular weight is 286 g/mol. The molecule has 0 bridgehead atoms.